The van der Waals surface area contributed by atoms with Crippen LogP contribution in [0.25, 0.3) is 0 Å². The number of aromatic hydroxyl groups is 1. The number of benzene rings is 3. The minimum atomic E-state index is -1.36. The highest BCUT2D eigenvalue weighted by Gasteiger charge is 2.75. The molecule has 2 aliphatic carbocycles. The molecule has 1 saturated heterocycles. The molecule has 0 aromatic heterocycles. The molecule has 1 saturated carbocycles. The number of rotatable bonds is 7. The number of ketones is 1. The fourth-order valence-corrected chi connectivity index (χ4v) is 8.50. The third-order valence-corrected chi connectivity index (χ3v) is 10.5. The number of hydrogen-bond acceptors (Lipinski definition) is 6. The molecule has 2 N–H and O–H groups in total. The van der Waals surface area contributed by atoms with E-state index in [1.165, 1.54) is 17.2 Å². The molecular weight excluding hydrogens is 528 g/mol. The summed E-state index contributed by atoms with van der Waals surface area (Å²) >= 11 is 0. The van der Waals surface area contributed by atoms with E-state index in [-0.39, 0.29) is 23.5 Å². The van der Waals surface area contributed by atoms with Crippen molar-refractivity contribution in [1.29, 1.82) is 0 Å². The lowest BCUT2D eigenvalue weighted by Gasteiger charge is -2.63. The summed E-state index contributed by atoms with van der Waals surface area (Å²) in [5.74, 6) is 0.191. The zero-order chi connectivity index (χ0) is 29.2. The molecule has 7 heteroatoms. The summed E-state index contributed by atoms with van der Waals surface area (Å²) in [4.78, 5) is 31.7. The molecule has 2 bridgehead atoms. The number of aliphatic hydroxyl groups is 1. The van der Waals surface area contributed by atoms with Crippen molar-refractivity contribution in [3.63, 3.8) is 0 Å². The van der Waals surface area contributed by atoms with Crippen molar-refractivity contribution in [3.05, 3.63) is 94.5 Å². The zero-order valence-corrected chi connectivity index (χ0v) is 24.3. The first-order valence-corrected chi connectivity index (χ1v) is 15.1. The number of likely N-dealkylation sites (tertiary alicyclic amines) is 1. The van der Waals surface area contributed by atoms with Gasteiger partial charge in [0.25, 0.3) is 0 Å². The van der Waals surface area contributed by atoms with Gasteiger partial charge in [-0.05, 0) is 62.3 Å². The molecule has 1 spiro atoms. The first-order valence-electron chi connectivity index (χ1n) is 15.1. The normalized spacial score (nSPS) is 29.1. The Balaban J connectivity index is 1.21. The highest BCUT2D eigenvalue weighted by molar-refractivity contribution is 6.06. The fraction of sp³-hybridized carbons (Fsp3) is 0.429. The van der Waals surface area contributed by atoms with E-state index in [1.807, 2.05) is 50.4 Å². The predicted octanol–water partition coefficient (Wildman–Crippen LogP) is 4.20. The molecule has 2 heterocycles. The van der Waals surface area contributed by atoms with Crippen LogP contribution in [0.3, 0.4) is 0 Å². The molecule has 1 amide bonds. The lowest BCUT2D eigenvalue weighted by molar-refractivity contribution is -0.188. The van der Waals surface area contributed by atoms with E-state index in [1.54, 1.807) is 11.0 Å². The van der Waals surface area contributed by atoms with Crippen molar-refractivity contribution in [3.8, 4) is 11.5 Å². The van der Waals surface area contributed by atoms with E-state index >= 15 is 0 Å². The van der Waals surface area contributed by atoms with E-state index in [9.17, 15) is 19.8 Å². The van der Waals surface area contributed by atoms with Gasteiger partial charge in [0.1, 0.15) is 17.7 Å². The van der Waals surface area contributed by atoms with Crippen molar-refractivity contribution in [2.75, 3.05) is 20.1 Å². The maximum atomic E-state index is 14.2. The Morgan fingerprint density at radius 2 is 1.83 bits per heavy atom. The van der Waals surface area contributed by atoms with E-state index in [0.717, 1.165) is 12.0 Å². The summed E-state index contributed by atoms with van der Waals surface area (Å²) < 4.78 is 6.58. The van der Waals surface area contributed by atoms with Crippen molar-refractivity contribution in [2.45, 2.75) is 74.7 Å². The summed E-state index contributed by atoms with van der Waals surface area (Å²) in [6.07, 6.45) is 2.71. The van der Waals surface area contributed by atoms with Crippen LogP contribution in [0.15, 0.2) is 66.7 Å². The molecule has 7 nitrogen and oxygen atoms in total. The number of hydrogen-bond donors (Lipinski definition) is 2. The molecule has 0 radical (unpaired) electrons. The number of nitrogens with zero attached hydrogens (tertiary/aromatic N) is 2. The van der Waals surface area contributed by atoms with E-state index < -0.39 is 23.2 Å². The van der Waals surface area contributed by atoms with Gasteiger partial charge in [-0.15, -0.1) is 0 Å². The SMILES string of the molecule is Cc1cccc(CCC(=O)N(C)C2CC[C@@]3(O)[C@H]4C(=O)c5ccc(O)c6c5[C@@]3(CCN4CCc3ccccc3)C2O6)c1. The van der Waals surface area contributed by atoms with E-state index in [2.05, 4.69) is 23.1 Å². The van der Waals surface area contributed by atoms with Gasteiger partial charge in [0.15, 0.2) is 17.3 Å². The Bertz CT molecular complexity index is 1560. The summed E-state index contributed by atoms with van der Waals surface area (Å²) in [6.45, 7) is 3.33. The standard InChI is InChI=1S/C35H38N2O5/c1-22-7-6-10-24(21-22)11-14-28(39)36(2)26-15-17-35(41)32-30(40)25-12-13-27(38)31-29(25)34(35,33(26)42-31)18-20-37(32)19-16-23-8-4-3-5-9-23/h3-10,12-13,21,26,32-33,38,41H,11,14-20H2,1-2H3/t26?,32-,33?,34+,35-/m1/s1. The van der Waals surface area contributed by atoms with Crippen LogP contribution in [0.2, 0.25) is 0 Å². The number of Topliss-reactive ketones (excluding diaryl/α,β-unsaturated/α-hetero) is 1. The number of carbonyl (C=O) groups is 2. The second kappa shape index (κ2) is 9.96. The fourth-order valence-electron chi connectivity index (χ4n) is 8.50. The quantitative estimate of drug-likeness (QED) is 0.446. The molecule has 42 heavy (non-hydrogen) atoms. The van der Waals surface area contributed by atoms with Crippen molar-refractivity contribution in [2.24, 2.45) is 0 Å². The number of carbonyl (C=O) groups excluding carboxylic acids is 2. The van der Waals surface area contributed by atoms with Crippen molar-refractivity contribution in [1.82, 2.24) is 9.80 Å². The first-order chi connectivity index (χ1) is 20.2. The van der Waals surface area contributed by atoms with Crippen LogP contribution in [-0.2, 0) is 23.1 Å². The van der Waals surface area contributed by atoms with E-state index in [4.69, 9.17) is 4.74 Å². The highest BCUT2D eigenvalue weighted by atomic mass is 16.5. The van der Waals surface area contributed by atoms with Crippen molar-refractivity contribution >= 4 is 11.7 Å². The molecule has 7 rings (SSSR count). The molecular formula is C35H38N2O5. The maximum Gasteiger partial charge on any atom is 0.223 e. The number of aryl methyl sites for hydroxylation is 2. The average molecular weight is 567 g/mol. The van der Waals surface area contributed by atoms with Gasteiger partial charge < -0.3 is 19.8 Å². The van der Waals surface area contributed by atoms with Gasteiger partial charge >= 0.3 is 0 Å². The highest BCUT2D eigenvalue weighted by Crippen LogP contribution is 2.65. The van der Waals surface area contributed by atoms with E-state index in [0.29, 0.717) is 62.1 Å². The smallest absolute Gasteiger partial charge is 0.223 e. The number of phenolic OH excluding ortho intramolecular Hbond substituents is 1. The lowest BCUT2D eigenvalue weighted by Crippen LogP contribution is -2.79. The number of likely N-dealkylation sites (N-methyl/N-ethyl adjacent to an activating group) is 1. The Hall–Kier alpha value is -3.68. The van der Waals surface area contributed by atoms with Gasteiger partial charge in [0.05, 0.1) is 11.5 Å². The third kappa shape index (κ3) is 3.86. The topological polar surface area (TPSA) is 90.3 Å². The monoisotopic (exact) mass is 566 g/mol. The van der Waals surface area contributed by atoms with Crippen LogP contribution in [0.4, 0.5) is 0 Å². The number of piperidine rings is 1. The van der Waals surface area contributed by atoms with Gasteiger partial charge in [-0.1, -0.05) is 60.2 Å². The molecule has 5 atom stereocenters. The molecule has 2 aliphatic heterocycles. The molecule has 4 aliphatic rings. The number of amides is 1. The maximum absolute atomic E-state index is 14.2. The number of phenols is 1. The molecule has 218 valence electrons. The summed E-state index contributed by atoms with van der Waals surface area (Å²) in [6, 6.07) is 20.7. The van der Waals surface area contributed by atoms with Gasteiger partial charge in [0, 0.05) is 37.7 Å². The molecule has 2 fully saturated rings. The van der Waals surface area contributed by atoms with Gasteiger partial charge in [0.2, 0.25) is 5.91 Å². The molecule has 3 aromatic rings. The Morgan fingerprint density at radius 1 is 1.05 bits per heavy atom. The minimum absolute atomic E-state index is 0.0233. The van der Waals surface area contributed by atoms with Gasteiger partial charge in [-0.3, -0.25) is 14.5 Å². The Morgan fingerprint density at radius 3 is 2.62 bits per heavy atom. The van der Waals surface area contributed by atoms with Crippen LogP contribution >= 0.6 is 0 Å². The third-order valence-electron chi connectivity index (χ3n) is 10.5. The second-order valence-electron chi connectivity index (χ2n) is 12.7. The second-order valence-corrected chi connectivity index (χ2v) is 12.7. The predicted molar refractivity (Wildman–Crippen MR) is 159 cm³/mol. The zero-order valence-electron chi connectivity index (χ0n) is 24.3. The molecule has 2 unspecified atom stereocenters. The lowest BCUT2D eigenvalue weighted by atomic mass is 9.48. The summed E-state index contributed by atoms with van der Waals surface area (Å²) in [5, 5.41) is 23.6. The Kier molecular flexibility index (Phi) is 6.44. The number of ether oxygens (including phenoxy) is 1. The Labute approximate surface area is 246 Å². The minimum Gasteiger partial charge on any atom is -0.504 e. The average Bonchev–Trinajstić information content (AvgIpc) is 3.34. The van der Waals surface area contributed by atoms with Crippen LogP contribution in [-0.4, -0.2) is 75.6 Å². The van der Waals surface area contributed by atoms with Crippen LogP contribution < -0.4 is 4.74 Å². The first kappa shape index (κ1) is 27.2. The van der Waals surface area contributed by atoms with Gasteiger partial charge in [-0.2, -0.15) is 0 Å². The molecule has 3 aromatic carbocycles. The van der Waals surface area contributed by atoms with Crippen LogP contribution in [0, 0.1) is 6.92 Å². The van der Waals surface area contributed by atoms with Crippen LogP contribution in [0.5, 0.6) is 11.5 Å². The largest absolute Gasteiger partial charge is 0.504 e. The summed E-state index contributed by atoms with van der Waals surface area (Å²) in [7, 11) is 1.83. The van der Waals surface area contributed by atoms with Crippen molar-refractivity contribution < 1.29 is 24.5 Å². The van der Waals surface area contributed by atoms with Crippen LogP contribution in [0.1, 0.15) is 58.3 Å². The van der Waals surface area contributed by atoms with Gasteiger partial charge in [-0.25, -0.2) is 0 Å². The summed E-state index contributed by atoms with van der Waals surface area (Å²) in [5.41, 5.74) is 2.41.